The minimum atomic E-state index is -4.27. The SMILES string of the molecule is CCC(C)(C)C(=O)OC1C2CC3C1OC(=O)C3C2C(=O)OC.CCC(C)(C)C(=O)OC1CCOC1=O.CCC(C)(C)C(=O)OCCC(F)(F)F. The normalized spacial score (nSPS) is 26.8. The third-order valence-electron chi connectivity index (χ3n) is 10.3. The Morgan fingerprint density at radius 3 is 1.76 bits per heavy atom. The Morgan fingerprint density at radius 2 is 1.30 bits per heavy atom. The summed E-state index contributed by atoms with van der Waals surface area (Å²) in [7, 11) is 1.31. The van der Waals surface area contributed by atoms with Crippen LogP contribution in [0.15, 0.2) is 0 Å². The Balaban J connectivity index is 0.000000273. The van der Waals surface area contributed by atoms with E-state index in [2.05, 4.69) is 4.74 Å². The molecule has 0 spiro atoms. The number of hydrogen-bond acceptors (Lipinski definition) is 12. The van der Waals surface area contributed by atoms with E-state index in [1.54, 1.807) is 34.6 Å². The second-order valence-electron chi connectivity index (χ2n) is 15.0. The summed E-state index contributed by atoms with van der Waals surface area (Å²) in [6, 6.07) is 0. The fourth-order valence-electron chi connectivity index (χ4n) is 5.65. The number of cyclic esters (lactones) is 1. The van der Waals surface area contributed by atoms with Crippen LogP contribution < -0.4 is 0 Å². The van der Waals surface area contributed by atoms with E-state index in [0.29, 0.717) is 38.7 Å². The van der Waals surface area contributed by atoms with Gasteiger partial charge in [0, 0.05) is 18.3 Å². The van der Waals surface area contributed by atoms with Crippen molar-refractivity contribution in [1.29, 1.82) is 0 Å². The predicted molar refractivity (Wildman–Crippen MR) is 170 cm³/mol. The summed E-state index contributed by atoms with van der Waals surface area (Å²) in [5.41, 5.74) is -1.82. The molecule has 2 bridgehead atoms. The smallest absolute Gasteiger partial charge is 0.392 e. The summed E-state index contributed by atoms with van der Waals surface area (Å²) >= 11 is 0. The number of ether oxygens (including phenoxy) is 6. The number of rotatable bonds is 11. The van der Waals surface area contributed by atoms with E-state index in [1.807, 2.05) is 27.7 Å². The Bertz CT molecular complexity index is 1260. The van der Waals surface area contributed by atoms with Gasteiger partial charge in [-0.05, 0) is 67.2 Å². The van der Waals surface area contributed by atoms with Crippen LogP contribution in [0.1, 0.15) is 101 Å². The second-order valence-corrected chi connectivity index (χ2v) is 15.0. The second kappa shape index (κ2) is 16.8. The Hall–Kier alpha value is -3.39. The van der Waals surface area contributed by atoms with Crippen LogP contribution in [0.3, 0.4) is 0 Å². The van der Waals surface area contributed by atoms with Crippen LogP contribution in [0.25, 0.3) is 0 Å². The molecule has 12 nitrogen and oxygen atoms in total. The number of carbonyl (C=O) groups excluding carboxylic acids is 6. The third kappa shape index (κ3) is 10.3. The average molecular weight is 723 g/mol. The highest BCUT2D eigenvalue weighted by Gasteiger charge is 2.70. The number of alkyl halides is 3. The first-order valence-corrected chi connectivity index (χ1v) is 17.1. The van der Waals surface area contributed by atoms with Crippen LogP contribution in [-0.2, 0) is 57.2 Å². The highest BCUT2D eigenvalue weighted by atomic mass is 19.4. The molecular weight excluding hydrogens is 669 g/mol. The molecule has 15 heteroatoms. The van der Waals surface area contributed by atoms with Crippen molar-refractivity contribution < 1.29 is 70.4 Å². The molecule has 0 amide bonds. The number of methoxy groups -OCH3 is 1. The van der Waals surface area contributed by atoms with Crippen molar-refractivity contribution in [3.05, 3.63) is 0 Å². The van der Waals surface area contributed by atoms with Crippen LogP contribution in [0.5, 0.6) is 0 Å². The first-order chi connectivity index (χ1) is 23.0. The van der Waals surface area contributed by atoms with Gasteiger partial charge < -0.3 is 28.4 Å². The minimum Gasteiger partial charge on any atom is -0.469 e. The quantitative estimate of drug-likeness (QED) is 0.195. The van der Waals surface area contributed by atoms with Crippen LogP contribution in [0.2, 0.25) is 0 Å². The molecule has 4 fully saturated rings. The van der Waals surface area contributed by atoms with Crippen LogP contribution in [-0.4, -0.2) is 80.6 Å². The van der Waals surface area contributed by atoms with Gasteiger partial charge >= 0.3 is 42.0 Å². The molecule has 0 N–H and O–H groups in total. The van der Waals surface area contributed by atoms with Crippen LogP contribution >= 0.6 is 0 Å². The molecule has 4 aliphatic rings. The summed E-state index contributed by atoms with van der Waals surface area (Å²) in [5, 5.41) is 0. The highest BCUT2D eigenvalue weighted by Crippen LogP contribution is 2.59. The van der Waals surface area contributed by atoms with Gasteiger partial charge in [-0.2, -0.15) is 13.2 Å². The monoisotopic (exact) mass is 722 g/mol. The standard InChI is InChI=1S/C16H22O6.C10H16O4.C9H15F3O2/c1-5-16(2,3)15(19)22-12-7-6-8-10(9(7)13(17)20-4)14(18)21-11(8)12;1-4-10(2,3)9(12)14-7-5-6-13-8(7)11;1-4-8(2,3)7(13)14-6-5-9(10,11)12/h7-12H,5-6H2,1-4H3;7H,4-6H2,1-3H3;4-6H2,1-3H3. The molecule has 50 heavy (non-hydrogen) atoms. The molecule has 0 radical (unpaired) electrons. The number of hydrogen-bond donors (Lipinski definition) is 0. The molecule has 7 unspecified atom stereocenters. The minimum absolute atomic E-state index is 0.0378. The van der Waals surface area contributed by atoms with E-state index in [1.165, 1.54) is 7.11 Å². The van der Waals surface area contributed by atoms with E-state index in [4.69, 9.17) is 23.7 Å². The Labute approximate surface area is 291 Å². The molecule has 0 aromatic carbocycles. The molecule has 286 valence electrons. The van der Waals surface area contributed by atoms with E-state index < -0.39 is 83.5 Å². The Kier molecular flexibility index (Phi) is 14.3. The maximum absolute atomic E-state index is 12.4. The van der Waals surface area contributed by atoms with Crippen molar-refractivity contribution in [1.82, 2.24) is 0 Å². The zero-order valence-corrected chi connectivity index (χ0v) is 30.7. The molecule has 2 aliphatic carbocycles. The van der Waals surface area contributed by atoms with Gasteiger partial charge in [0.15, 0.2) is 0 Å². The van der Waals surface area contributed by atoms with Crippen molar-refractivity contribution in [2.75, 3.05) is 20.3 Å². The van der Waals surface area contributed by atoms with Crippen molar-refractivity contribution in [2.45, 2.75) is 125 Å². The van der Waals surface area contributed by atoms with Gasteiger partial charge in [-0.15, -0.1) is 0 Å². The lowest BCUT2D eigenvalue weighted by Gasteiger charge is -2.32. The Morgan fingerprint density at radius 1 is 0.780 bits per heavy atom. The summed E-state index contributed by atoms with van der Waals surface area (Å²) in [6.45, 7) is 15.9. The first-order valence-electron chi connectivity index (χ1n) is 17.1. The summed E-state index contributed by atoms with van der Waals surface area (Å²) < 4.78 is 65.3. The van der Waals surface area contributed by atoms with Crippen molar-refractivity contribution in [2.24, 2.45) is 39.9 Å². The summed E-state index contributed by atoms with van der Waals surface area (Å²) in [5.74, 6) is -3.62. The molecule has 4 rings (SSSR count). The molecule has 0 aromatic rings. The number of esters is 6. The van der Waals surface area contributed by atoms with Crippen LogP contribution in [0.4, 0.5) is 13.2 Å². The third-order valence-corrected chi connectivity index (χ3v) is 10.3. The predicted octanol–water partition coefficient (Wildman–Crippen LogP) is 5.51. The lowest BCUT2D eigenvalue weighted by Crippen LogP contribution is -2.45. The van der Waals surface area contributed by atoms with Gasteiger partial charge in [0.05, 0.1) is 54.8 Å². The number of carbonyl (C=O) groups is 6. The molecule has 2 saturated carbocycles. The number of halogens is 3. The first kappa shape index (κ1) is 42.8. The van der Waals surface area contributed by atoms with Gasteiger partial charge in [0.25, 0.3) is 0 Å². The van der Waals surface area contributed by atoms with Gasteiger partial charge in [-0.25, -0.2) is 4.79 Å². The maximum Gasteiger partial charge on any atom is 0.392 e. The zero-order chi connectivity index (χ0) is 38.4. The average Bonchev–Trinajstić information content (AvgIpc) is 3.78. The molecule has 0 aromatic heterocycles. The van der Waals surface area contributed by atoms with Gasteiger partial charge in [0.2, 0.25) is 6.10 Å². The van der Waals surface area contributed by atoms with Crippen molar-refractivity contribution >= 4 is 35.8 Å². The fourth-order valence-corrected chi connectivity index (χ4v) is 5.65. The largest absolute Gasteiger partial charge is 0.469 e. The lowest BCUT2D eigenvalue weighted by molar-refractivity contribution is -0.173. The zero-order valence-electron chi connectivity index (χ0n) is 30.7. The molecule has 2 aliphatic heterocycles. The topological polar surface area (TPSA) is 158 Å². The molecule has 7 atom stereocenters. The van der Waals surface area contributed by atoms with E-state index in [0.717, 1.165) is 0 Å². The van der Waals surface area contributed by atoms with Crippen molar-refractivity contribution in [3.63, 3.8) is 0 Å². The summed E-state index contributed by atoms with van der Waals surface area (Å²) in [6.07, 6.45) is -3.94. The van der Waals surface area contributed by atoms with Crippen molar-refractivity contribution in [3.8, 4) is 0 Å². The van der Waals surface area contributed by atoms with Gasteiger partial charge in [-0.3, -0.25) is 24.0 Å². The maximum atomic E-state index is 12.4. The van der Waals surface area contributed by atoms with Gasteiger partial charge in [0.1, 0.15) is 12.2 Å². The number of fused-ring (bicyclic) bond motifs is 1. The molecule has 2 heterocycles. The molecule has 2 saturated heterocycles. The van der Waals surface area contributed by atoms with E-state index in [-0.39, 0.29) is 29.7 Å². The lowest BCUT2D eigenvalue weighted by atomic mass is 9.78. The van der Waals surface area contributed by atoms with E-state index >= 15 is 0 Å². The fraction of sp³-hybridized carbons (Fsp3) is 0.829. The molecular formula is C35H53F3O12. The highest BCUT2D eigenvalue weighted by molar-refractivity contribution is 5.86. The van der Waals surface area contributed by atoms with Crippen LogP contribution in [0, 0.1) is 39.9 Å². The summed E-state index contributed by atoms with van der Waals surface area (Å²) in [4.78, 5) is 70.2. The van der Waals surface area contributed by atoms with Gasteiger partial charge in [-0.1, -0.05) is 20.8 Å². The van der Waals surface area contributed by atoms with E-state index in [9.17, 15) is 41.9 Å².